The summed E-state index contributed by atoms with van der Waals surface area (Å²) in [4.78, 5) is 60.1. The molecule has 3 aromatic carbocycles. The number of nitro groups is 1. The summed E-state index contributed by atoms with van der Waals surface area (Å²) in [5.74, 6) is -0.608. The van der Waals surface area contributed by atoms with Crippen molar-refractivity contribution in [2.45, 2.75) is 44.9 Å². The number of thiocarbonyl (C=S) groups is 1. The first-order chi connectivity index (χ1) is 25.2. The molecule has 5 rings (SSSR count). The number of benzene rings is 3. The van der Waals surface area contributed by atoms with Crippen molar-refractivity contribution in [1.82, 2.24) is 31.6 Å². The first kappa shape index (κ1) is 37.6. The summed E-state index contributed by atoms with van der Waals surface area (Å²) in [7, 11) is 0. The summed E-state index contributed by atoms with van der Waals surface area (Å²) in [6.45, 7) is 1.59. The molecule has 52 heavy (non-hydrogen) atoms. The van der Waals surface area contributed by atoms with E-state index in [-0.39, 0.29) is 40.3 Å². The van der Waals surface area contributed by atoms with Crippen LogP contribution in [-0.2, 0) is 9.59 Å². The maximum atomic E-state index is 12.6. The first-order valence-corrected chi connectivity index (χ1v) is 17.8. The Morgan fingerprint density at radius 1 is 0.808 bits per heavy atom. The van der Waals surface area contributed by atoms with Crippen LogP contribution >= 0.6 is 24.0 Å². The van der Waals surface area contributed by atoms with Crippen LogP contribution in [-0.4, -0.2) is 62.8 Å². The van der Waals surface area contributed by atoms with Gasteiger partial charge in [0.1, 0.15) is 4.32 Å². The van der Waals surface area contributed by atoms with Gasteiger partial charge in [0.2, 0.25) is 11.4 Å². The molecule has 4 aromatic rings. The summed E-state index contributed by atoms with van der Waals surface area (Å²) in [5, 5.41) is 33.0. The van der Waals surface area contributed by atoms with Crippen LogP contribution in [0.3, 0.4) is 0 Å². The number of unbranched alkanes of at least 4 members (excludes halogenated alkanes) is 4. The third-order valence-electron chi connectivity index (χ3n) is 7.96. The van der Waals surface area contributed by atoms with Crippen LogP contribution in [0.4, 0.5) is 17.1 Å². The normalized spacial score (nSPS) is 13.2. The molecule has 0 aliphatic carbocycles. The van der Waals surface area contributed by atoms with Gasteiger partial charge in [-0.2, -0.15) is 0 Å². The number of non-ortho nitro benzene ring substituents is 1. The van der Waals surface area contributed by atoms with Gasteiger partial charge in [0.05, 0.1) is 15.5 Å². The smallest absolute Gasteiger partial charge is 0.300 e. The highest BCUT2D eigenvalue weighted by Crippen LogP contribution is 2.31. The third kappa shape index (κ3) is 10.7. The van der Waals surface area contributed by atoms with Crippen LogP contribution in [0, 0.1) is 10.1 Å². The van der Waals surface area contributed by atoms with Crippen molar-refractivity contribution < 1.29 is 28.7 Å². The molecule has 0 atom stereocenters. The average Bonchev–Trinajstić information content (AvgIpc) is 3.75. The first-order valence-electron chi connectivity index (χ1n) is 16.6. The molecular weight excluding hydrogens is 709 g/mol. The Balaban J connectivity index is 0.875. The number of fused-ring (bicyclic) bond motifs is 1. The third-order valence-corrected chi connectivity index (χ3v) is 9.12. The van der Waals surface area contributed by atoms with E-state index in [1.165, 1.54) is 23.9 Å². The molecule has 1 saturated heterocycles. The molecular formula is C35H36N8O7S2. The lowest BCUT2D eigenvalue weighted by Crippen LogP contribution is -2.26. The van der Waals surface area contributed by atoms with Crippen molar-refractivity contribution in [2.24, 2.45) is 0 Å². The van der Waals surface area contributed by atoms with E-state index < -0.39 is 4.92 Å². The van der Waals surface area contributed by atoms with Crippen LogP contribution < -0.4 is 26.6 Å². The molecule has 0 spiro atoms. The second-order valence-corrected chi connectivity index (χ2v) is 13.5. The van der Waals surface area contributed by atoms with E-state index in [4.69, 9.17) is 12.2 Å². The van der Waals surface area contributed by atoms with Gasteiger partial charge in [0.25, 0.3) is 17.7 Å². The highest BCUT2D eigenvalue weighted by molar-refractivity contribution is 8.26. The van der Waals surface area contributed by atoms with E-state index in [2.05, 4.69) is 41.5 Å². The molecule has 15 nitrogen and oxygen atoms in total. The van der Waals surface area contributed by atoms with Gasteiger partial charge in [-0.05, 0) is 96.5 Å². The molecule has 1 aromatic heterocycles. The highest BCUT2D eigenvalue weighted by atomic mass is 32.2. The van der Waals surface area contributed by atoms with E-state index >= 15 is 0 Å². The van der Waals surface area contributed by atoms with E-state index in [9.17, 15) is 29.3 Å². The van der Waals surface area contributed by atoms with Gasteiger partial charge >= 0.3 is 5.69 Å². The zero-order valence-corrected chi connectivity index (χ0v) is 29.6. The van der Waals surface area contributed by atoms with Crippen LogP contribution in [0.5, 0.6) is 0 Å². The maximum Gasteiger partial charge on any atom is 0.300 e. The van der Waals surface area contributed by atoms with Gasteiger partial charge in [-0.25, -0.2) is 4.63 Å². The average molecular weight is 745 g/mol. The summed E-state index contributed by atoms with van der Waals surface area (Å²) >= 11 is 6.20. The lowest BCUT2D eigenvalue weighted by molar-refractivity contribution is -0.383. The number of thioether (sulfide) groups is 1. The molecule has 4 amide bonds. The Morgan fingerprint density at radius 2 is 1.40 bits per heavy atom. The number of hydrogen-bond donors (Lipinski definition) is 5. The number of nitro benzene ring substituents is 1. The molecule has 0 unspecified atom stereocenters. The van der Waals surface area contributed by atoms with Crippen molar-refractivity contribution in [3.8, 4) is 0 Å². The molecule has 270 valence electrons. The molecule has 1 aliphatic heterocycles. The molecule has 0 bridgehead atoms. The number of hydrogen-bond acceptors (Lipinski definition) is 12. The summed E-state index contributed by atoms with van der Waals surface area (Å²) < 4.78 is 5.11. The Labute approximate surface area is 307 Å². The number of carbonyl (C=O) groups is 4. The second-order valence-electron chi connectivity index (χ2n) is 11.8. The predicted octanol–water partition coefficient (Wildman–Crippen LogP) is 5.37. The predicted molar refractivity (Wildman–Crippen MR) is 201 cm³/mol. The quantitative estimate of drug-likeness (QED) is 0.0286. The number of anilines is 2. The zero-order chi connectivity index (χ0) is 36.9. The Kier molecular flexibility index (Phi) is 13.4. The largest absolute Gasteiger partial charge is 0.356 e. The monoisotopic (exact) mass is 744 g/mol. The van der Waals surface area contributed by atoms with Crippen LogP contribution in [0.1, 0.15) is 71.2 Å². The molecule has 17 heteroatoms. The van der Waals surface area contributed by atoms with Gasteiger partial charge in [-0.1, -0.05) is 42.5 Å². The Hall–Kier alpha value is -5.68. The lowest BCUT2D eigenvalue weighted by Gasteiger charge is -2.09. The number of nitrogens with one attached hydrogen (secondary N) is 5. The molecule has 0 radical (unpaired) electrons. The summed E-state index contributed by atoms with van der Waals surface area (Å²) in [6.07, 6.45) is 6.85. The van der Waals surface area contributed by atoms with Crippen LogP contribution in [0.2, 0.25) is 0 Å². The van der Waals surface area contributed by atoms with Gasteiger partial charge < -0.3 is 26.6 Å². The van der Waals surface area contributed by atoms with Crippen molar-refractivity contribution in [2.75, 3.05) is 25.0 Å². The second kappa shape index (κ2) is 18.5. The van der Waals surface area contributed by atoms with Crippen LogP contribution in [0.25, 0.3) is 17.1 Å². The van der Waals surface area contributed by atoms with Gasteiger partial charge in [0.15, 0.2) is 5.52 Å². The molecule has 1 aliphatic rings. The minimum absolute atomic E-state index is 0.00531. The fourth-order valence-corrected chi connectivity index (χ4v) is 6.25. The van der Waals surface area contributed by atoms with Gasteiger partial charge in [-0.15, -0.1) is 0 Å². The number of nitrogens with zero attached hydrogens (tertiary/aromatic N) is 3. The fourth-order valence-electron chi connectivity index (χ4n) is 5.20. The minimum atomic E-state index is -0.556. The number of carbonyl (C=O) groups excluding carboxylic acids is 4. The van der Waals surface area contributed by atoms with Crippen molar-refractivity contribution in [3.05, 3.63) is 92.4 Å². The minimum Gasteiger partial charge on any atom is -0.356 e. The lowest BCUT2D eigenvalue weighted by atomic mass is 10.1. The highest BCUT2D eigenvalue weighted by Gasteiger charge is 2.22. The number of aromatic nitrogens is 2. The Morgan fingerprint density at radius 3 is 2.02 bits per heavy atom. The maximum absolute atomic E-state index is 12.6. The number of amides is 4. The van der Waals surface area contributed by atoms with E-state index in [0.29, 0.717) is 64.2 Å². The van der Waals surface area contributed by atoms with E-state index in [1.807, 2.05) is 0 Å². The van der Waals surface area contributed by atoms with Crippen molar-refractivity contribution in [1.29, 1.82) is 0 Å². The van der Waals surface area contributed by atoms with Crippen LogP contribution in [0.15, 0.2) is 70.2 Å². The van der Waals surface area contributed by atoms with E-state index in [1.54, 1.807) is 54.6 Å². The summed E-state index contributed by atoms with van der Waals surface area (Å²) in [5.41, 5.74) is 3.00. The summed E-state index contributed by atoms with van der Waals surface area (Å²) in [6, 6.07) is 16.6. The van der Waals surface area contributed by atoms with Gasteiger partial charge in [-0.3, -0.25) is 29.3 Å². The molecule has 5 N–H and O–H groups in total. The zero-order valence-electron chi connectivity index (χ0n) is 27.9. The van der Waals surface area contributed by atoms with Crippen molar-refractivity contribution >= 4 is 86.1 Å². The molecule has 2 heterocycles. The topological polar surface area (TPSA) is 210 Å². The fraction of sp³-hybridized carbons (Fsp3) is 0.286. The molecule has 0 saturated carbocycles. The van der Waals surface area contributed by atoms with E-state index in [0.717, 1.165) is 37.7 Å². The van der Waals surface area contributed by atoms with Crippen molar-refractivity contribution in [3.63, 3.8) is 0 Å². The SMILES string of the molecule is O=C(CCCCCNC(=O)c1ccc(Nc2ccc([N+](=O)[O-])c3nonc23)cc1)NCCCCCNC(=O)c1ccc(/C=C2\SC(=S)NC2=O)cc1. The Bertz CT molecular complexity index is 1980. The molecule has 1 fully saturated rings. The van der Waals surface area contributed by atoms with Gasteiger partial charge in [0, 0.05) is 48.9 Å². The standard InChI is InChI=1S/C35H36N8O7S2/c44-29(36-18-5-2-6-20-38-32(45)23-10-8-22(9-11-23)21-28-34(47)40-35(51)52-28)7-3-1-4-19-37-33(46)24-12-14-25(15-13-24)39-26-16-17-27(43(48)49)31-30(26)41-50-42-31/h8-17,21,39H,1-7,18-20H2,(H,36,44)(H,37,46)(H,38,45)(H,40,47,51)/b28-21-. The number of rotatable bonds is 18.